The molecule has 96 valence electrons. The molecule has 1 aromatic rings. The van der Waals surface area contributed by atoms with Crippen LogP contribution in [-0.2, 0) is 0 Å². The summed E-state index contributed by atoms with van der Waals surface area (Å²) in [6.07, 6.45) is 4.34. The van der Waals surface area contributed by atoms with Gasteiger partial charge in [0.2, 0.25) is 0 Å². The van der Waals surface area contributed by atoms with Crippen molar-refractivity contribution in [1.82, 2.24) is 5.32 Å². The third-order valence-electron chi connectivity index (χ3n) is 3.68. The van der Waals surface area contributed by atoms with Crippen LogP contribution in [-0.4, -0.2) is 18.0 Å². The summed E-state index contributed by atoms with van der Waals surface area (Å²) >= 11 is 0. The van der Waals surface area contributed by atoms with Gasteiger partial charge < -0.3 is 11.1 Å². The fraction of sp³-hybridized carbons (Fsp3) is 0.500. The second-order valence-corrected chi connectivity index (χ2v) is 5.31. The summed E-state index contributed by atoms with van der Waals surface area (Å²) in [4.78, 5) is 4.35. The Morgan fingerprint density at radius 3 is 2.78 bits per heavy atom. The largest absolute Gasteiger partial charge is 0.370 e. The number of aliphatic imine (C=N–C) groups is 1. The molecule has 2 aliphatic rings. The minimum atomic E-state index is -0.154. The van der Waals surface area contributed by atoms with Gasteiger partial charge in [-0.25, -0.2) is 4.39 Å². The number of rotatable bonds is 3. The zero-order valence-corrected chi connectivity index (χ0v) is 10.3. The Bertz CT molecular complexity index is 462. The van der Waals surface area contributed by atoms with Gasteiger partial charge in [-0.2, -0.15) is 0 Å². The molecule has 0 amide bonds. The SMILES string of the molecule is NC(=NC1CC1)NC1CC(c2cccc(F)c2)C1. The molecule has 2 saturated carbocycles. The molecule has 3 nitrogen and oxygen atoms in total. The molecule has 2 fully saturated rings. The van der Waals surface area contributed by atoms with Gasteiger partial charge in [0.15, 0.2) is 5.96 Å². The standard InChI is InChI=1S/C14H18FN3/c15-11-3-1-2-9(6-11)10-7-13(8-10)18-14(16)17-12-4-5-12/h1-3,6,10,12-13H,4-5,7-8H2,(H3,16,17,18). The number of halogens is 1. The van der Waals surface area contributed by atoms with Crippen molar-refractivity contribution in [3.8, 4) is 0 Å². The predicted molar refractivity (Wildman–Crippen MR) is 69.9 cm³/mol. The fourth-order valence-electron chi connectivity index (χ4n) is 2.42. The Morgan fingerprint density at radius 2 is 2.11 bits per heavy atom. The molecule has 0 saturated heterocycles. The van der Waals surface area contributed by atoms with E-state index in [2.05, 4.69) is 10.3 Å². The molecule has 3 N–H and O–H groups in total. The molecule has 0 radical (unpaired) electrons. The summed E-state index contributed by atoms with van der Waals surface area (Å²) in [7, 11) is 0. The van der Waals surface area contributed by atoms with E-state index in [-0.39, 0.29) is 5.82 Å². The van der Waals surface area contributed by atoms with E-state index >= 15 is 0 Å². The maximum absolute atomic E-state index is 13.1. The van der Waals surface area contributed by atoms with E-state index in [1.807, 2.05) is 6.07 Å². The molecule has 0 aliphatic heterocycles. The first-order valence-corrected chi connectivity index (χ1v) is 6.56. The average Bonchev–Trinajstić information content (AvgIpc) is 3.06. The summed E-state index contributed by atoms with van der Waals surface area (Å²) in [5.41, 5.74) is 6.90. The van der Waals surface area contributed by atoms with Crippen molar-refractivity contribution < 1.29 is 4.39 Å². The van der Waals surface area contributed by atoms with Crippen molar-refractivity contribution in [3.05, 3.63) is 35.6 Å². The highest BCUT2D eigenvalue weighted by molar-refractivity contribution is 5.78. The van der Waals surface area contributed by atoms with E-state index in [0.29, 0.717) is 24.0 Å². The monoisotopic (exact) mass is 247 g/mol. The first-order chi connectivity index (χ1) is 8.70. The lowest BCUT2D eigenvalue weighted by Gasteiger charge is -2.36. The van der Waals surface area contributed by atoms with Gasteiger partial charge in [0.25, 0.3) is 0 Å². The smallest absolute Gasteiger partial charge is 0.189 e. The van der Waals surface area contributed by atoms with Crippen LogP contribution in [0.4, 0.5) is 4.39 Å². The Kier molecular flexibility index (Phi) is 2.94. The molecular weight excluding hydrogens is 229 g/mol. The van der Waals surface area contributed by atoms with Crippen LogP contribution in [0.1, 0.15) is 37.2 Å². The van der Waals surface area contributed by atoms with Crippen molar-refractivity contribution in [2.24, 2.45) is 10.7 Å². The predicted octanol–water partition coefficient (Wildman–Crippen LogP) is 2.14. The van der Waals surface area contributed by atoms with Crippen molar-refractivity contribution in [2.75, 3.05) is 0 Å². The Balaban J connectivity index is 1.50. The molecule has 0 atom stereocenters. The Morgan fingerprint density at radius 1 is 1.33 bits per heavy atom. The number of benzene rings is 1. The highest BCUT2D eigenvalue weighted by Crippen LogP contribution is 2.37. The maximum atomic E-state index is 13.1. The number of hydrogen-bond donors (Lipinski definition) is 2. The molecule has 0 heterocycles. The molecule has 2 aliphatic carbocycles. The zero-order valence-electron chi connectivity index (χ0n) is 10.3. The van der Waals surface area contributed by atoms with Gasteiger partial charge in [-0.15, -0.1) is 0 Å². The summed E-state index contributed by atoms with van der Waals surface area (Å²) < 4.78 is 13.1. The number of guanidine groups is 1. The van der Waals surface area contributed by atoms with Crippen LogP contribution in [0, 0.1) is 5.82 Å². The third kappa shape index (κ3) is 2.63. The number of hydrogen-bond acceptors (Lipinski definition) is 1. The van der Waals surface area contributed by atoms with Crippen LogP contribution in [0.15, 0.2) is 29.3 Å². The van der Waals surface area contributed by atoms with Gasteiger partial charge in [0, 0.05) is 6.04 Å². The van der Waals surface area contributed by atoms with Crippen LogP contribution in [0.2, 0.25) is 0 Å². The molecule has 0 aromatic heterocycles. The van der Waals surface area contributed by atoms with Gasteiger partial charge in [-0.1, -0.05) is 12.1 Å². The zero-order chi connectivity index (χ0) is 12.5. The van der Waals surface area contributed by atoms with E-state index in [1.165, 1.54) is 18.9 Å². The van der Waals surface area contributed by atoms with Crippen LogP contribution in [0.3, 0.4) is 0 Å². The lowest BCUT2D eigenvalue weighted by atomic mass is 9.76. The van der Waals surface area contributed by atoms with Crippen molar-refractivity contribution in [1.29, 1.82) is 0 Å². The number of nitrogens with one attached hydrogen (secondary N) is 1. The van der Waals surface area contributed by atoms with Crippen LogP contribution >= 0.6 is 0 Å². The van der Waals surface area contributed by atoms with Crippen LogP contribution < -0.4 is 11.1 Å². The van der Waals surface area contributed by atoms with Crippen molar-refractivity contribution in [3.63, 3.8) is 0 Å². The van der Waals surface area contributed by atoms with Gasteiger partial charge in [0.05, 0.1) is 6.04 Å². The first-order valence-electron chi connectivity index (χ1n) is 6.56. The maximum Gasteiger partial charge on any atom is 0.189 e. The Labute approximate surface area is 106 Å². The first kappa shape index (κ1) is 11.5. The van der Waals surface area contributed by atoms with E-state index in [4.69, 9.17) is 5.73 Å². The van der Waals surface area contributed by atoms with E-state index in [0.717, 1.165) is 18.4 Å². The second kappa shape index (κ2) is 4.59. The highest BCUT2D eigenvalue weighted by Gasteiger charge is 2.31. The molecule has 0 bridgehead atoms. The quantitative estimate of drug-likeness (QED) is 0.635. The highest BCUT2D eigenvalue weighted by atomic mass is 19.1. The van der Waals surface area contributed by atoms with E-state index < -0.39 is 0 Å². The summed E-state index contributed by atoms with van der Waals surface area (Å²) in [6.45, 7) is 0. The molecule has 0 spiro atoms. The average molecular weight is 247 g/mol. The molecule has 0 unspecified atom stereocenters. The van der Waals surface area contributed by atoms with Gasteiger partial charge in [-0.3, -0.25) is 4.99 Å². The number of nitrogens with zero attached hydrogens (tertiary/aromatic N) is 1. The minimum Gasteiger partial charge on any atom is -0.370 e. The fourth-order valence-corrected chi connectivity index (χ4v) is 2.42. The second-order valence-electron chi connectivity index (χ2n) is 5.31. The van der Waals surface area contributed by atoms with Crippen LogP contribution in [0.25, 0.3) is 0 Å². The molecule has 18 heavy (non-hydrogen) atoms. The molecule has 3 rings (SSSR count). The summed E-state index contributed by atoms with van der Waals surface area (Å²) in [6, 6.07) is 7.72. The third-order valence-corrected chi connectivity index (χ3v) is 3.68. The lowest BCUT2D eigenvalue weighted by molar-refractivity contribution is 0.322. The molecule has 4 heteroatoms. The lowest BCUT2D eigenvalue weighted by Crippen LogP contribution is -2.46. The van der Waals surface area contributed by atoms with Gasteiger partial charge in [0.1, 0.15) is 5.82 Å². The van der Waals surface area contributed by atoms with Gasteiger partial charge in [-0.05, 0) is 49.3 Å². The normalized spacial score (nSPS) is 27.7. The van der Waals surface area contributed by atoms with Gasteiger partial charge >= 0.3 is 0 Å². The Hall–Kier alpha value is -1.58. The molecular formula is C14H18FN3. The topological polar surface area (TPSA) is 50.4 Å². The van der Waals surface area contributed by atoms with E-state index in [1.54, 1.807) is 12.1 Å². The van der Waals surface area contributed by atoms with Crippen molar-refractivity contribution >= 4 is 5.96 Å². The minimum absolute atomic E-state index is 0.154. The summed E-state index contributed by atoms with van der Waals surface area (Å²) in [5, 5.41) is 3.24. The van der Waals surface area contributed by atoms with Crippen LogP contribution in [0.5, 0.6) is 0 Å². The van der Waals surface area contributed by atoms with Crippen molar-refractivity contribution in [2.45, 2.75) is 43.7 Å². The van der Waals surface area contributed by atoms with E-state index in [9.17, 15) is 4.39 Å². The molecule has 1 aromatic carbocycles. The summed E-state index contributed by atoms with van der Waals surface area (Å²) in [5.74, 6) is 0.867. The number of nitrogens with two attached hydrogens (primary N) is 1.